The lowest BCUT2D eigenvalue weighted by molar-refractivity contribution is 0.844. The predicted molar refractivity (Wildman–Crippen MR) is 57.4 cm³/mol. The largest absolute Gasteiger partial charge is 0.347 e. The minimum absolute atomic E-state index is 0.246. The first-order chi connectivity index (χ1) is 7.34. The second-order valence-corrected chi connectivity index (χ2v) is 3.90. The van der Waals surface area contributed by atoms with E-state index >= 15 is 0 Å². The van der Waals surface area contributed by atoms with Gasteiger partial charge in [0, 0.05) is 0 Å². The smallest absolute Gasteiger partial charge is 0.295 e. The molecule has 0 saturated carbocycles. The van der Waals surface area contributed by atoms with Crippen molar-refractivity contribution in [2.75, 3.05) is 0 Å². The highest BCUT2D eigenvalue weighted by Gasteiger charge is 2.03. The van der Waals surface area contributed by atoms with E-state index in [1.54, 1.807) is 16.8 Å². The van der Waals surface area contributed by atoms with Gasteiger partial charge in [-0.2, -0.15) is 9.78 Å². The first kappa shape index (κ1) is 8.37. The third kappa shape index (κ3) is 1.26. The molecule has 3 rings (SSSR count). The molecule has 0 aliphatic carbocycles. The molecule has 0 fully saturated rings. The number of aromatic nitrogens is 4. The molecule has 0 unspecified atom stereocenters. The maximum absolute atomic E-state index is 11.3. The summed E-state index contributed by atoms with van der Waals surface area (Å²) in [5.41, 5.74) is 3.14. The fourth-order valence-electron chi connectivity index (χ4n) is 1.42. The van der Waals surface area contributed by atoms with Crippen LogP contribution in [0.4, 0.5) is 0 Å². The van der Waals surface area contributed by atoms with Crippen LogP contribution in [0.3, 0.4) is 0 Å². The standard InChI is InChI=1S/C9H6N4OS/c14-9-10-4-12-13(9)6-1-2-8-7(3-6)11-5-15-8/h1-5H,(H,10,12,14). The van der Waals surface area contributed by atoms with E-state index in [1.165, 1.54) is 11.0 Å². The molecule has 0 saturated heterocycles. The number of rotatable bonds is 1. The molecule has 0 atom stereocenters. The van der Waals surface area contributed by atoms with Gasteiger partial charge < -0.3 is 0 Å². The zero-order valence-corrected chi connectivity index (χ0v) is 8.36. The van der Waals surface area contributed by atoms with E-state index in [4.69, 9.17) is 0 Å². The Kier molecular flexibility index (Phi) is 1.69. The summed E-state index contributed by atoms with van der Waals surface area (Å²) in [6.45, 7) is 0. The summed E-state index contributed by atoms with van der Waals surface area (Å²) in [4.78, 5) is 18.0. The fourth-order valence-corrected chi connectivity index (χ4v) is 2.08. The van der Waals surface area contributed by atoms with Gasteiger partial charge >= 0.3 is 5.69 Å². The molecule has 2 heterocycles. The van der Waals surface area contributed by atoms with Gasteiger partial charge in [-0.3, -0.25) is 4.98 Å². The minimum Gasteiger partial charge on any atom is -0.295 e. The Hall–Kier alpha value is -1.95. The molecular weight excluding hydrogens is 212 g/mol. The quantitative estimate of drug-likeness (QED) is 0.666. The lowest BCUT2D eigenvalue weighted by Gasteiger charge is -1.97. The molecule has 0 bridgehead atoms. The molecule has 15 heavy (non-hydrogen) atoms. The van der Waals surface area contributed by atoms with E-state index in [9.17, 15) is 4.79 Å². The summed E-state index contributed by atoms with van der Waals surface area (Å²) in [5, 5.41) is 3.90. The Morgan fingerprint density at radius 3 is 3.13 bits per heavy atom. The number of hydrogen-bond acceptors (Lipinski definition) is 4. The van der Waals surface area contributed by atoms with Crippen LogP contribution >= 0.6 is 11.3 Å². The molecule has 1 N–H and O–H groups in total. The Morgan fingerprint density at radius 1 is 1.40 bits per heavy atom. The maximum atomic E-state index is 11.3. The van der Waals surface area contributed by atoms with Crippen molar-refractivity contribution in [3.63, 3.8) is 0 Å². The highest BCUT2D eigenvalue weighted by Crippen LogP contribution is 2.19. The number of nitrogens with zero attached hydrogens (tertiary/aromatic N) is 3. The van der Waals surface area contributed by atoms with E-state index in [0.717, 1.165) is 15.9 Å². The van der Waals surface area contributed by atoms with Crippen molar-refractivity contribution in [1.29, 1.82) is 0 Å². The molecule has 0 amide bonds. The highest BCUT2D eigenvalue weighted by molar-refractivity contribution is 7.16. The average molecular weight is 218 g/mol. The van der Waals surface area contributed by atoms with Gasteiger partial charge in [-0.15, -0.1) is 11.3 Å². The number of H-pyrrole nitrogens is 1. The fraction of sp³-hybridized carbons (Fsp3) is 0. The van der Waals surface area contributed by atoms with Crippen molar-refractivity contribution >= 4 is 21.6 Å². The molecule has 0 aliphatic heterocycles. The zero-order chi connectivity index (χ0) is 10.3. The molecule has 1 aromatic carbocycles. The van der Waals surface area contributed by atoms with Gasteiger partial charge in [-0.25, -0.2) is 9.78 Å². The topological polar surface area (TPSA) is 63.6 Å². The lowest BCUT2D eigenvalue weighted by atomic mass is 10.3. The Bertz CT molecular complexity index is 666. The number of thiazole rings is 1. The first-order valence-corrected chi connectivity index (χ1v) is 5.19. The monoisotopic (exact) mass is 218 g/mol. The highest BCUT2D eigenvalue weighted by atomic mass is 32.1. The van der Waals surface area contributed by atoms with Gasteiger partial charge in [0.2, 0.25) is 0 Å². The van der Waals surface area contributed by atoms with Gasteiger partial charge in [0.15, 0.2) is 0 Å². The predicted octanol–water partition coefficient (Wildman–Crippen LogP) is 1.17. The van der Waals surface area contributed by atoms with E-state index in [2.05, 4.69) is 15.1 Å². The van der Waals surface area contributed by atoms with Crippen LogP contribution in [0.25, 0.3) is 15.9 Å². The second-order valence-electron chi connectivity index (χ2n) is 3.01. The molecular formula is C9H6N4OS. The SMILES string of the molecule is O=c1[nH]cnn1-c1ccc2scnc2c1. The van der Waals surface area contributed by atoms with E-state index in [-0.39, 0.29) is 5.69 Å². The molecule has 0 aliphatic rings. The van der Waals surface area contributed by atoms with Crippen LogP contribution in [0.15, 0.2) is 34.8 Å². The first-order valence-electron chi connectivity index (χ1n) is 4.31. The lowest BCUT2D eigenvalue weighted by Crippen LogP contribution is -2.15. The number of hydrogen-bond donors (Lipinski definition) is 1. The van der Waals surface area contributed by atoms with Crippen molar-refractivity contribution in [3.8, 4) is 5.69 Å². The molecule has 74 valence electrons. The van der Waals surface area contributed by atoms with E-state index < -0.39 is 0 Å². The van der Waals surface area contributed by atoms with Gasteiger partial charge in [-0.1, -0.05) is 0 Å². The summed E-state index contributed by atoms with van der Waals surface area (Å²) in [6.07, 6.45) is 1.37. The normalized spacial score (nSPS) is 10.9. The van der Waals surface area contributed by atoms with Crippen molar-refractivity contribution in [2.45, 2.75) is 0 Å². The summed E-state index contributed by atoms with van der Waals surface area (Å²) >= 11 is 1.57. The van der Waals surface area contributed by atoms with Crippen molar-refractivity contribution in [2.24, 2.45) is 0 Å². The zero-order valence-electron chi connectivity index (χ0n) is 7.54. The summed E-state index contributed by atoms with van der Waals surface area (Å²) in [7, 11) is 0. The van der Waals surface area contributed by atoms with Gasteiger partial charge in [0.1, 0.15) is 6.33 Å². The third-order valence-corrected chi connectivity index (χ3v) is 2.92. The molecule has 0 spiro atoms. The van der Waals surface area contributed by atoms with Crippen LogP contribution in [0.1, 0.15) is 0 Å². The van der Waals surface area contributed by atoms with Crippen molar-refractivity contribution in [1.82, 2.24) is 19.7 Å². The number of nitrogens with one attached hydrogen (secondary N) is 1. The molecule has 5 nitrogen and oxygen atoms in total. The Morgan fingerprint density at radius 2 is 2.33 bits per heavy atom. The number of benzene rings is 1. The van der Waals surface area contributed by atoms with E-state index in [1.807, 2.05) is 18.2 Å². The van der Waals surface area contributed by atoms with Crippen LogP contribution < -0.4 is 5.69 Å². The van der Waals surface area contributed by atoms with Crippen LogP contribution in [0.5, 0.6) is 0 Å². The summed E-state index contributed by atoms with van der Waals surface area (Å²) in [5.74, 6) is 0. The number of fused-ring (bicyclic) bond motifs is 1. The number of aromatic amines is 1. The van der Waals surface area contributed by atoms with Crippen LogP contribution in [0, 0.1) is 0 Å². The minimum atomic E-state index is -0.246. The maximum Gasteiger partial charge on any atom is 0.347 e. The van der Waals surface area contributed by atoms with Gasteiger partial charge in [0.25, 0.3) is 0 Å². The van der Waals surface area contributed by atoms with Crippen LogP contribution in [-0.2, 0) is 0 Å². The summed E-state index contributed by atoms with van der Waals surface area (Å²) < 4.78 is 2.40. The Labute approximate surface area is 88.0 Å². The molecule has 6 heteroatoms. The van der Waals surface area contributed by atoms with Gasteiger partial charge in [-0.05, 0) is 18.2 Å². The van der Waals surface area contributed by atoms with Crippen LogP contribution in [-0.4, -0.2) is 19.7 Å². The van der Waals surface area contributed by atoms with E-state index in [0.29, 0.717) is 0 Å². The average Bonchev–Trinajstić information content (AvgIpc) is 2.84. The van der Waals surface area contributed by atoms with Crippen molar-refractivity contribution in [3.05, 3.63) is 40.5 Å². The second kappa shape index (κ2) is 3.03. The summed E-state index contributed by atoms with van der Waals surface area (Å²) in [6, 6.07) is 5.63. The molecule has 2 aromatic heterocycles. The van der Waals surface area contributed by atoms with Crippen molar-refractivity contribution < 1.29 is 0 Å². The van der Waals surface area contributed by atoms with Crippen LogP contribution in [0.2, 0.25) is 0 Å². The third-order valence-electron chi connectivity index (χ3n) is 2.11. The molecule has 3 aromatic rings. The Balaban J connectivity index is 2.28. The van der Waals surface area contributed by atoms with Gasteiger partial charge in [0.05, 0.1) is 21.4 Å². The molecule has 0 radical (unpaired) electrons.